The van der Waals surface area contributed by atoms with E-state index in [1.807, 2.05) is 25.2 Å². The zero-order valence-electron chi connectivity index (χ0n) is 11.6. The van der Waals surface area contributed by atoms with E-state index >= 15 is 0 Å². The number of rotatable bonds is 6. The summed E-state index contributed by atoms with van der Waals surface area (Å²) in [5.41, 5.74) is 7.91. The van der Waals surface area contributed by atoms with Gasteiger partial charge < -0.3 is 15.4 Å². The largest absolute Gasteiger partial charge is 0.383 e. The van der Waals surface area contributed by atoms with Crippen LogP contribution in [0, 0.1) is 0 Å². The van der Waals surface area contributed by atoms with Gasteiger partial charge in [0.15, 0.2) is 0 Å². The summed E-state index contributed by atoms with van der Waals surface area (Å²) in [5, 5.41) is 1.16. The van der Waals surface area contributed by atoms with E-state index in [2.05, 4.69) is 17.0 Å². The summed E-state index contributed by atoms with van der Waals surface area (Å²) in [6, 6.07) is 10.4. The predicted octanol–water partition coefficient (Wildman–Crippen LogP) is 1.82. The van der Waals surface area contributed by atoms with E-state index in [0.29, 0.717) is 13.2 Å². The zero-order chi connectivity index (χ0) is 13.7. The van der Waals surface area contributed by atoms with Gasteiger partial charge in [-0.15, -0.1) is 0 Å². The van der Waals surface area contributed by atoms with Gasteiger partial charge in [-0.2, -0.15) is 0 Å². The van der Waals surface area contributed by atoms with Gasteiger partial charge in [0.05, 0.1) is 12.1 Å². The Bertz CT molecular complexity index is 542. The number of aromatic nitrogens is 1. The van der Waals surface area contributed by atoms with Gasteiger partial charge in [0.2, 0.25) is 0 Å². The second-order valence-electron chi connectivity index (χ2n) is 4.62. The highest BCUT2D eigenvalue weighted by Gasteiger charge is 2.10. The molecular weight excluding hydrogens is 238 g/mol. The predicted molar refractivity (Wildman–Crippen MR) is 79.6 cm³/mol. The standard InChI is InChI=1S/C15H21N3O/c1-18(9-10-19-2)15-13(7-8-16)11-12-5-3-4-6-14(12)17-15/h3-6,11H,7-10,16H2,1-2H3. The van der Waals surface area contributed by atoms with Gasteiger partial charge in [-0.25, -0.2) is 4.98 Å². The molecule has 1 aromatic carbocycles. The van der Waals surface area contributed by atoms with Crippen molar-refractivity contribution in [3.63, 3.8) is 0 Å². The molecule has 19 heavy (non-hydrogen) atoms. The topological polar surface area (TPSA) is 51.4 Å². The van der Waals surface area contributed by atoms with Crippen molar-refractivity contribution in [2.45, 2.75) is 6.42 Å². The number of para-hydroxylation sites is 1. The molecule has 0 aliphatic carbocycles. The Balaban J connectivity index is 2.40. The lowest BCUT2D eigenvalue weighted by atomic mass is 10.1. The first-order chi connectivity index (χ1) is 9.26. The van der Waals surface area contributed by atoms with Crippen molar-refractivity contribution in [1.29, 1.82) is 0 Å². The Morgan fingerprint density at radius 2 is 2.11 bits per heavy atom. The van der Waals surface area contributed by atoms with Crippen LogP contribution < -0.4 is 10.6 Å². The first-order valence-corrected chi connectivity index (χ1v) is 6.55. The van der Waals surface area contributed by atoms with Crippen molar-refractivity contribution >= 4 is 16.7 Å². The van der Waals surface area contributed by atoms with Gasteiger partial charge in [-0.3, -0.25) is 0 Å². The first kappa shape index (κ1) is 13.8. The molecule has 1 heterocycles. The lowest BCUT2D eigenvalue weighted by molar-refractivity contribution is 0.206. The summed E-state index contributed by atoms with van der Waals surface area (Å²) >= 11 is 0. The van der Waals surface area contributed by atoms with E-state index in [1.165, 1.54) is 5.56 Å². The van der Waals surface area contributed by atoms with Gasteiger partial charge in [-0.1, -0.05) is 18.2 Å². The van der Waals surface area contributed by atoms with Crippen LogP contribution in [0.2, 0.25) is 0 Å². The molecule has 0 saturated heterocycles. The maximum Gasteiger partial charge on any atom is 0.132 e. The molecule has 0 fully saturated rings. The molecule has 0 radical (unpaired) electrons. The summed E-state index contributed by atoms with van der Waals surface area (Å²) in [4.78, 5) is 6.89. The lowest BCUT2D eigenvalue weighted by Crippen LogP contribution is -2.25. The normalized spacial score (nSPS) is 10.9. The quantitative estimate of drug-likeness (QED) is 0.859. The minimum atomic E-state index is 0.630. The highest BCUT2D eigenvalue weighted by molar-refractivity contribution is 5.81. The molecule has 0 saturated carbocycles. The van der Waals surface area contributed by atoms with Crippen molar-refractivity contribution in [1.82, 2.24) is 4.98 Å². The van der Waals surface area contributed by atoms with Gasteiger partial charge in [-0.05, 0) is 30.7 Å². The summed E-state index contributed by atoms with van der Waals surface area (Å²) in [6.45, 7) is 2.14. The second-order valence-corrected chi connectivity index (χ2v) is 4.62. The van der Waals surface area contributed by atoms with Crippen LogP contribution in [0.5, 0.6) is 0 Å². The molecule has 0 unspecified atom stereocenters. The van der Waals surface area contributed by atoms with Crippen LogP contribution in [0.3, 0.4) is 0 Å². The highest BCUT2D eigenvalue weighted by Crippen LogP contribution is 2.23. The number of pyridine rings is 1. The van der Waals surface area contributed by atoms with Gasteiger partial charge in [0.1, 0.15) is 5.82 Å². The number of hydrogen-bond acceptors (Lipinski definition) is 4. The van der Waals surface area contributed by atoms with E-state index in [1.54, 1.807) is 7.11 Å². The molecule has 2 rings (SSSR count). The smallest absolute Gasteiger partial charge is 0.132 e. The molecule has 0 spiro atoms. The van der Waals surface area contributed by atoms with E-state index in [0.717, 1.165) is 29.7 Å². The number of ether oxygens (including phenoxy) is 1. The fraction of sp³-hybridized carbons (Fsp3) is 0.400. The fourth-order valence-electron chi connectivity index (χ4n) is 2.15. The third-order valence-electron chi connectivity index (χ3n) is 3.19. The minimum absolute atomic E-state index is 0.630. The number of likely N-dealkylation sites (N-methyl/N-ethyl adjacent to an activating group) is 1. The number of nitrogens with two attached hydrogens (primary N) is 1. The monoisotopic (exact) mass is 259 g/mol. The van der Waals surface area contributed by atoms with Crippen molar-refractivity contribution in [2.75, 3.05) is 38.8 Å². The molecule has 4 heteroatoms. The Kier molecular flexibility index (Phi) is 4.71. The average Bonchev–Trinajstić information content (AvgIpc) is 2.44. The van der Waals surface area contributed by atoms with Crippen LogP contribution >= 0.6 is 0 Å². The molecule has 0 atom stereocenters. The highest BCUT2D eigenvalue weighted by atomic mass is 16.5. The fourth-order valence-corrected chi connectivity index (χ4v) is 2.15. The number of fused-ring (bicyclic) bond motifs is 1. The van der Waals surface area contributed by atoms with Gasteiger partial charge in [0.25, 0.3) is 0 Å². The van der Waals surface area contributed by atoms with Crippen LogP contribution in [-0.2, 0) is 11.2 Å². The summed E-state index contributed by atoms with van der Waals surface area (Å²) < 4.78 is 5.13. The number of methoxy groups -OCH3 is 1. The Morgan fingerprint density at radius 3 is 2.84 bits per heavy atom. The van der Waals surface area contributed by atoms with E-state index in [9.17, 15) is 0 Å². The third kappa shape index (κ3) is 3.22. The molecule has 0 amide bonds. The minimum Gasteiger partial charge on any atom is -0.383 e. The van der Waals surface area contributed by atoms with Gasteiger partial charge >= 0.3 is 0 Å². The van der Waals surface area contributed by atoms with E-state index < -0.39 is 0 Å². The number of benzene rings is 1. The zero-order valence-corrected chi connectivity index (χ0v) is 11.6. The van der Waals surface area contributed by atoms with Crippen molar-refractivity contribution in [3.05, 3.63) is 35.9 Å². The molecule has 1 aromatic heterocycles. The molecule has 0 bridgehead atoms. The second kappa shape index (κ2) is 6.50. The average molecular weight is 259 g/mol. The summed E-state index contributed by atoms with van der Waals surface area (Å²) in [7, 11) is 3.75. The van der Waals surface area contributed by atoms with Crippen molar-refractivity contribution < 1.29 is 4.74 Å². The third-order valence-corrected chi connectivity index (χ3v) is 3.19. The van der Waals surface area contributed by atoms with Crippen molar-refractivity contribution in [2.24, 2.45) is 5.73 Å². The van der Waals surface area contributed by atoms with Crippen LogP contribution in [0.25, 0.3) is 10.9 Å². The maximum atomic E-state index is 5.70. The maximum absolute atomic E-state index is 5.70. The summed E-state index contributed by atoms with van der Waals surface area (Å²) in [6.07, 6.45) is 0.838. The van der Waals surface area contributed by atoms with Crippen LogP contribution in [0.4, 0.5) is 5.82 Å². The molecular formula is C15H21N3O. The van der Waals surface area contributed by atoms with Crippen LogP contribution in [-0.4, -0.2) is 38.8 Å². The number of anilines is 1. The molecule has 0 aliphatic heterocycles. The van der Waals surface area contributed by atoms with Crippen molar-refractivity contribution in [3.8, 4) is 0 Å². The number of nitrogens with zero attached hydrogens (tertiary/aromatic N) is 2. The van der Waals surface area contributed by atoms with Crippen LogP contribution in [0.15, 0.2) is 30.3 Å². The molecule has 0 aliphatic rings. The first-order valence-electron chi connectivity index (χ1n) is 6.55. The number of hydrogen-bond donors (Lipinski definition) is 1. The Hall–Kier alpha value is -1.65. The molecule has 2 N–H and O–H groups in total. The Morgan fingerprint density at radius 1 is 1.32 bits per heavy atom. The summed E-state index contributed by atoms with van der Waals surface area (Å²) in [5.74, 6) is 1.00. The lowest BCUT2D eigenvalue weighted by Gasteiger charge is -2.21. The molecule has 102 valence electrons. The molecule has 4 nitrogen and oxygen atoms in total. The van der Waals surface area contributed by atoms with E-state index in [4.69, 9.17) is 15.5 Å². The van der Waals surface area contributed by atoms with Crippen LogP contribution in [0.1, 0.15) is 5.56 Å². The SMILES string of the molecule is COCCN(C)c1nc2ccccc2cc1CCN. The Labute approximate surface area is 114 Å². The van der Waals surface area contributed by atoms with E-state index in [-0.39, 0.29) is 0 Å². The molecule has 2 aromatic rings. The van der Waals surface area contributed by atoms with Gasteiger partial charge in [0, 0.05) is 26.1 Å².